The minimum atomic E-state index is -2.06. The summed E-state index contributed by atoms with van der Waals surface area (Å²) >= 11 is 0. The predicted molar refractivity (Wildman–Crippen MR) is 278 cm³/mol. The summed E-state index contributed by atoms with van der Waals surface area (Å²) in [5.74, 6) is -1.17. The molecule has 1 N–H and O–H groups in total. The SMILES string of the molecule is COc1ccc(C(OC[C@H]2O[C@@H](n3ccc(NC(=O)c4ccccc4)nc3=O)[C@H](OCC[N+]3([O-])C(=O)c4ccccc4C3=O)[C@@H]2OP(OCCC#N)N(C(C)C)C(C)C)(c2ccccc2)c2ccc(OC)cc2)cc1. The van der Waals surface area contributed by atoms with Crippen LogP contribution in [0.2, 0.25) is 0 Å². The lowest BCUT2D eigenvalue weighted by Gasteiger charge is -2.39. The largest absolute Gasteiger partial charge is 0.617 e. The lowest BCUT2D eigenvalue weighted by atomic mass is 9.80. The molecule has 8 rings (SSSR count). The number of ether oxygens (including phenoxy) is 5. The number of anilines is 1. The molecule has 0 saturated carbocycles. The summed E-state index contributed by atoms with van der Waals surface area (Å²) in [4.78, 5) is 59.1. The number of nitrogens with zero attached hydrogens (tertiary/aromatic N) is 5. The number of hydrogen-bond acceptors (Lipinski definition) is 15. The molecule has 1 aromatic heterocycles. The number of nitrogens with one attached hydrogen (secondary N) is 1. The second-order valence-electron chi connectivity index (χ2n) is 18.3. The van der Waals surface area contributed by atoms with Gasteiger partial charge in [-0.1, -0.05) is 84.9 Å². The standard InChI is InChI=1S/C56H59N6O12P/c1-37(2)61(38(3)4)75(72-34-15-31-57)74-49-47(36-71-56(40-18-11-8-12-19-40,41-22-26-43(68-5)27-23-41)42-24-28-44(69-6)29-25-42)73-52(60-32-30-48(59-55(60)66)58-51(63)39-16-9-7-10-17-39)50(49)70-35-33-62(67)53(64)45-20-13-14-21-46(45)54(62)65/h7-14,16-30,32,37-38,47,49-50,52H,15,33-36H2,1-6H3,(H,58,59,63,66)/t47-,49-,50-,52-,75?/m1/s1. The molecule has 19 heteroatoms. The summed E-state index contributed by atoms with van der Waals surface area (Å²) in [5.41, 5.74) is 0.323. The van der Waals surface area contributed by atoms with Gasteiger partial charge in [0.2, 0.25) is 0 Å². The van der Waals surface area contributed by atoms with Gasteiger partial charge in [-0.2, -0.15) is 10.2 Å². The van der Waals surface area contributed by atoms with E-state index >= 15 is 0 Å². The van der Waals surface area contributed by atoms with E-state index in [1.54, 1.807) is 56.7 Å². The quantitative estimate of drug-likeness (QED) is 0.0159. The molecule has 5 aromatic carbocycles. The molecule has 0 aliphatic carbocycles. The average molecular weight is 1040 g/mol. The summed E-state index contributed by atoms with van der Waals surface area (Å²) in [6.07, 6.45) is -3.55. The van der Waals surface area contributed by atoms with Crippen LogP contribution in [0.3, 0.4) is 0 Å². The summed E-state index contributed by atoms with van der Waals surface area (Å²) in [7, 11) is 1.10. The van der Waals surface area contributed by atoms with Crippen molar-refractivity contribution < 1.29 is 51.8 Å². The normalized spacial score (nSPS) is 18.5. The summed E-state index contributed by atoms with van der Waals surface area (Å²) in [6, 6.07) is 42.3. The second kappa shape index (κ2) is 24.1. The molecule has 390 valence electrons. The number of carbonyl (C=O) groups excluding carboxylic acids is 3. The molecule has 2 aliphatic rings. The number of carbonyl (C=O) groups is 3. The van der Waals surface area contributed by atoms with Gasteiger partial charge in [-0.15, -0.1) is 0 Å². The molecule has 75 heavy (non-hydrogen) atoms. The zero-order valence-electron chi connectivity index (χ0n) is 42.4. The van der Waals surface area contributed by atoms with E-state index in [1.807, 2.05) is 111 Å². The molecule has 6 aromatic rings. The molecule has 5 atom stereocenters. The van der Waals surface area contributed by atoms with E-state index in [0.29, 0.717) is 28.2 Å². The number of amides is 3. The highest BCUT2D eigenvalue weighted by Crippen LogP contribution is 2.51. The van der Waals surface area contributed by atoms with Crippen molar-refractivity contribution in [1.29, 1.82) is 5.26 Å². The van der Waals surface area contributed by atoms with Gasteiger partial charge in [0.1, 0.15) is 47.8 Å². The van der Waals surface area contributed by atoms with Crippen molar-refractivity contribution in [1.82, 2.24) is 14.2 Å². The topological polar surface area (TPSA) is 213 Å². The summed E-state index contributed by atoms with van der Waals surface area (Å²) < 4.78 is 47.2. The number of benzene rings is 5. The zero-order valence-corrected chi connectivity index (χ0v) is 43.3. The van der Waals surface area contributed by atoms with Gasteiger partial charge in [-0.25, -0.2) is 23.7 Å². The molecule has 1 saturated heterocycles. The minimum absolute atomic E-state index is 0.00770. The number of hydrogen-bond donors (Lipinski definition) is 1. The Kier molecular flexibility index (Phi) is 17.4. The van der Waals surface area contributed by atoms with Crippen molar-refractivity contribution in [2.45, 2.75) is 76.3 Å². The number of imide groups is 1. The third kappa shape index (κ3) is 11.5. The van der Waals surface area contributed by atoms with E-state index < -0.39 is 79.9 Å². The first-order valence-electron chi connectivity index (χ1n) is 24.5. The Labute approximate surface area is 436 Å². The molecule has 3 amide bonds. The Morgan fingerprint density at radius 2 is 1.33 bits per heavy atom. The first-order chi connectivity index (χ1) is 36.2. The molecule has 0 radical (unpaired) electrons. The van der Waals surface area contributed by atoms with Crippen molar-refractivity contribution in [3.8, 4) is 17.6 Å². The lowest BCUT2D eigenvalue weighted by Crippen LogP contribution is -2.50. The molecule has 0 bridgehead atoms. The minimum Gasteiger partial charge on any atom is -0.617 e. The summed E-state index contributed by atoms with van der Waals surface area (Å²) in [6.45, 7) is 6.56. The van der Waals surface area contributed by atoms with E-state index in [4.69, 9.17) is 32.7 Å². The van der Waals surface area contributed by atoms with E-state index in [1.165, 1.54) is 29.0 Å². The van der Waals surface area contributed by atoms with Crippen molar-refractivity contribution in [3.05, 3.63) is 195 Å². The highest BCUT2D eigenvalue weighted by molar-refractivity contribution is 7.44. The fourth-order valence-electron chi connectivity index (χ4n) is 9.36. The van der Waals surface area contributed by atoms with Crippen LogP contribution in [0.5, 0.6) is 11.5 Å². The molecular formula is C56H59N6O12P. The zero-order chi connectivity index (χ0) is 53.3. The predicted octanol–water partition coefficient (Wildman–Crippen LogP) is 8.77. The number of rotatable bonds is 23. The van der Waals surface area contributed by atoms with E-state index in [2.05, 4.69) is 16.4 Å². The first-order valence-corrected chi connectivity index (χ1v) is 25.6. The van der Waals surface area contributed by atoms with Crippen LogP contribution in [0.1, 0.15) is 88.1 Å². The van der Waals surface area contributed by atoms with Crippen molar-refractivity contribution >= 4 is 32.1 Å². The maximum absolute atomic E-state index is 14.4. The van der Waals surface area contributed by atoms with Crippen LogP contribution in [-0.2, 0) is 28.9 Å². The number of fused-ring (bicyclic) bond motifs is 1. The van der Waals surface area contributed by atoms with Crippen LogP contribution >= 0.6 is 8.53 Å². The monoisotopic (exact) mass is 1040 g/mol. The number of quaternary nitrogens is 1. The molecule has 18 nitrogen and oxygen atoms in total. The Morgan fingerprint density at radius 3 is 1.87 bits per heavy atom. The van der Waals surface area contributed by atoms with Gasteiger partial charge in [0, 0.05) is 23.8 Å². The maximum Gasteiger partial charge on any atom is 0.354 e. The van der Waals surface area contributed by atoms with Crippen LogP contribution in [0.25, 0.3) is 0 Å². The number of methoxy groups -OCH3 is 2. The van der Waals surface area contributed by atoms with E-state index in [9.17, 15) is 29.6 Å². The molecule has 3 heterocycles. The van der Waals surface area contributed by atoms with Crippen LogP contribution in [0.4, 0.5) is 5.82 Å². The Balaban J connectivity index is 1.25. The number of hydroxylamine groups is 3. The van der Waals surface area contributed by atoms with Gasteiger partial charge >= 0.3 is 17.5 Å². The van der Waals surface area contributed by atoms with Crippen LogP contribution in [0, 0.1) is 16.5 Å². The first kappa shape index (κ1) is 54.3. The fraction of sp³-hybridized carbons (Fsp3) is 0.321. The number of aromatic nitrogens is 2. The van der Waals surface area contributed by atoms with Gasteiger partial charge in [-0.3, -0.25) is 9.36 Å². The van der Waals surface area contributed by atoms with E-state index in [0.717, 1.165) is 5.56 Å². The fourth-order valence-corrected chi connectivity index (χ4v) is 11.1. The average Bonchev–Trinajstić information content (AvgIpc) is 3.86. The smallest absolute Gasteiger partial charge is 0.354 e. The number of nitriles is 1. The second-order valence-corrected chi connectivity index (χ2v) is 19.7. The molecule has 0 spiro atoms. The maximum atomic E-state index is 14.4. The van der Waals surface area contributed by atoms with Crippen LogP contribution in [0.15, 0.2) is 151 Å². The van der Waals surface area contributed by atoms with Gasteiger partial charge in [0.15, 0.2) is 6.23 Å². The van der Waals surface area contributed by atoms with Crippen molar-refractivity contribution in [3.63, 3.8) is 0 Å². The van der Waals surface area contributed by atoms with Gasteiger partial charge < -0.3 is 43.3 Å². The third-order valence-corrected chi connectivity index (χ3v) is 15.1. The van der Waals surface area contributed by atoms with Gasteiger partial charge in [0.05, 0.1) is 57.7 Å². The van der Waals surface area contributed by atoms with Crippen LogP contribution in [-0.4, -0.2) is 108 Å². The highest BCUT2D eigenvalue weighted by atomic mass is 31.2. The third-order valence-electron chi connectivity index (χ3n) is 12.9. The van der Waals surface area contributed by atoms with Crippen molar-refractivity contribution in [2.24, 2.45) is 0 Å². The van der Waals surface area contributed by atoms with Crippen LogP contribution < -0.4 is 20.5 Å². The summed E-state index contributed by atoms with van der Waals surface area (Å²) in [5, 5.41) is 26.6. The van der Waals surface area contributed by atoms with Gasteiger partial charge in [0.25, 0.3) is 14.4 Å². The molecule has 1 fully saturated rings. The van der Waals surface area contributed by atoms with E-state index in [-0.39, 0.29) is 48.7 Å². The van der Waals surface area contributed by atoms with Gasteiger partial charge in [-0.05, 0) is 99.0 Å². The van der Waals surface area contributed by atoms with Crippen molar-refractivity contribution in [2.75, 3.05) is 45.9 Å². The molecule has 1 unspecified atom stereocenters. The molecular weight excluding hydrogens is 980 g/mol. The Morgan fingerprint density at radius 1 is 0.787 bits per heavy atom. The Hall–Kier alpha value is -7.01. The highest BCUT2D eigenvalue weighted by Gasteiger charge is 2.53. The lowest BCUT2D eigenvalue weighted by molar-refractivity contribution is -0.709. The molecule has 2 aliphatic heterocycles. The Bertz CT molecular complexity index is 2940.